The van der Waals surface area contributed by atoms with Crippen LogP contribution in [0.1, 0.15) is 38.8 Å². The first-order valence-electron chi connectivity index (χ1n) is 9.85. The fraction of sp³-hybridized carbons (Fsp3) is 0.160. The van der Waals surface area contributed by atoms with Crippen molar-refractivity contribution in [1.82, 2.24) is 9.88 Å². The molecule has 5 rings (SSSR count). The summed E-state index contributed by atoms with van der Waals surface area (Å²) in [5.74, 6) is -0.0357. The largest absolute Gasteiger partial charge is 0.356 e. The lowest BCUT2D eigenvalue weighted by Crippen LogP contribution is -2.40. The molecule has 2 heterocycles. The summed E-state index contributed by atoms with van der Waals surface area (Å²) in [6.07, 6.45) is 0.817. The number of aryl methyl sites for hydroxylation is 1. The lowest BCUT2D eigenvalue weighted by molar-refractivity contribution is 0.0692. The zero-order valence-electron chi connectivity index (χ0n) is 16.2. The van der Waals surface area contributed by atoms with Crippen LogP contribution in [0, 0.1) is 6.92 Å². The van der Waals surface area contributed by atoms with Crippen molar-refractivity contribution >= 4 is 28.4 Å². The molecular weight excluding hydrogens is 380 g/mol. The molecule has 1 atom stereocenters. The van der Waals surface area contributed by atoms with E-state index in [1.807, 2.05) is 23.1 Å². The number of rotatable bonds is 2. The van der Waals surface area contributed by atoms with E-state index >= 15 is 0 Å². The molecule has 0 radical (unpaired) electrons. The predicted molar refractivity (Wildman–Crippen MR) is 118 cm³/mol. The number of nitrogens with zero attached hydrogens (tertiary/aromatic N) is 1. The van der Waals surface area contributed by atoms with E-state index in [0.717, 1.165) is 23.2 Å². The molecule has 1 aliphatic heterocycles. The molecule has 0 saturated carbocycles. The van der Waals surface area contributed by atoms with E-state index in [0.29, 0.717) is 17.1 Å². The highest BCUT2D eigenvalue weighted by molar-refractivity contribution is 6.33. The van der Waals surface area contributed by atoms with Gasteiger partial charge in [0, 0.05) is 23.1 Å². The second-order valence-electron chi connectivity index (χ2n) is 7.61. The standard InChI is InChI=1S/C25H21ClN2O/c1-16-7-6-8-17(15-16)24-23-19(18-9-3-5-12-22(18)27-23)13-14-28(24)25(29)20-10-2-4-11-21(20)26/h2-12,15,24,27H,13-14H2,1H3/t24-/m1/s1. The minimum atomic E-state index is -0.171. The van der Waals surface area contributed by atoms with E-state index in [9.17, 15) is 4.79 Å². The minimum Gasteiger partial charge on any atom is -0.356 e. The molecule has 4 aromatic rings. The molecule has 1 amide bonds. The van der Waals surface area contributed by atoms with Crippen LogP contribution >= 0.6 is 11.6 Å². The van der Waals surface area contributed by atoms with E-state index < -0.39 is 0 Å². The Balaban J connectivity index is 1.69. The van der Waals surface area contributed by atoms with Gasteiger partial charge in [-0.15, -0.1) is 0 Å². The number of para-hydroxylation sites is 1. The molecule has 3 nitrogen and oxygen atoms in total. The number of nitrogens with one attached hydrogen (secondary N) is 1. The Labute approximate surface area is 174 Å². The Bertz CT molecular complexity index is 1230. The van der Waals surface area contributed by atoms with E-state index in [1.165, 1.54) is 16.5 Å². The molecule has 0 fully saturated rings. The van der Waals surface area contributed by atoms with Gasteiger partial charge in [-0.2, -0.15) is 0 Å². The number of aromatic nitrogens is 1. The van der Waals surface area contributed by atoms with Gasteiger partial charge >= 0.3 is 0 Å². The molecule has 4 heteroatoms. The maximum absolute atomic E-state index is 13.5. The van der Waals surface area contributed by atoms with Crippen LogP contribution in [0.2, 0.25) is 5.02 Å². The molecule has 144 valence electrons. The van der Waals surface area contributed by atoms with Crippen molar-refractivity contribution in [3.05, 3.63) is 106 Å². The third-order valence-corrected chi connectivity index (χ3v) is 6.09. The van der Waals surface area contributed by atoms with Crippen molar-refractivity contribution in [2.24, 2.45) is 0 Å². The molecule has 1 aromatic heterocycles. The number of halogens is 1. The summed E-state index contributed by atoms with van der Waals surface area (Å²) >= 11 is 6.37. The van der Waals surface area contributed by atoms with Crippen LogP contribution in [0.4, 0.5) is 0 Å². The quantitative estimate of drug-likeness (QED) is 0.445. The van der Waals surface area contributed by atoms with Crippen molar-refractivity contribution in [1.29, 1.82) is 0 Å². The maximum atomic E-state index is 13.5. The number of H-pyrrole nitrogens is 1. The van der Waals surface area contributed by atoms with Gasteiger partial charge in [0.2, 0.25) is 0 Å². The van der Waals surface area contributed by atoms with Crippen molar-refractivity contribution < 1.29 is 4.79 Å². The monoisotopic (exact) mass is 400 g/mol. The molecular formula is C25H21ClN2O. The van der Waals surface area contributed by atoms with Gasteiger partial charge in [-0.25, -0.2) is 0 Å². The van der Waals surface area contributed by atoms with Gasteiger partial charge in [0.05, 0.1) is 16.6 Å². The third-order valence-electron chi connectivity index (χ3n) is 5.76. The number of amides is 1. The van der Waals surface area contributed by atoms with Crippen LogP contribution in [0.15, 0.2) is 72.8 Å². The number of carbonyl (C=O) groups is 1. The number of fused-ring (bicyclic) bond motifs is 3. The zero-order chi connectivity index (χ0) is 20.0. The van der Waals surface area contributed by atoms with Crippen LogP contribution in [-0.2, 0) is 6.42 Å². The first-order chi connectivity index (χ1) is 14.1. The summed E-state index contributed by atoms with van der Waals surface area (Å²) in [5.41, 5.74) is 6.35. The first-order valence-corrected chi connectivity index (χ1v) is 10.2. The number of aromatic amines is 1. The van der Waals surface area contributed by atoms with Crippen LogP contribution in [0.25, 0.3) is 10.9 Å². The fourth-order valence-electron chi connectivity index (χ4n) is 4.44. The molecule has 29 heavy (non-hydrogen) atoms. The Kier molecular flexibility index (Phi) is 4.40. The minimum absolute atomic E-state index is 0.0357. The van der Waals surface area contributed by atoms with Gasteiger partial charge in [-0.1, -0.05) is 71.8 Å². The fourth-order valence-corrected chi connectivity index (χ4v) is 4.65. The van der Waals surface area contributed by atoms with Gasteiger partial charge in [-0.05, 0) is 42.7 Å². The van der Waals surface area contributed by atoms with Gasteiger partial charge in [0.25, 0.3) is 5.91 Å². The summed E-state index contributed by atoms with van der Waals surface area (Å²) in [4.78, 5) is 19.1. The second kappa shape index (κ2) is 7.09. The molecule has 0 spiro atoms. The number of benzene rings is 3. The highest BCUT2D eigenvalue weighted by Crippen LogP contribution is 2.39. The normalized spacial score (nSPS) is 16.1. The summed E-state index contributed by atoms with van der Waals surface area (Å²) in [6, 6.07) is 23.9. The average Bonchev–Trinajstić information content (AvgIpc) is 3.11. The maximum Gasteiger partial charge on any atom is 0.256 e. The number of hydrogen-bond acceptors (Lipinski definition) is 1. The van der Waals surface area contributed by atoms with Crippen molar-refractivity contribution in [3.63, 3.8) is 0 Å². The van der Waals surface area contributed by atoms with Gasteiger partial charge in [-0.3, -0.25) is 4.79 Å². The molecule has 1 N–H and O–H groups in total. The van der Waals surface area contributed by atoms with Crippen LogP contribution in [0.5, 0.6) is 0 Å². The van der Waals surface area contributed by atoms with E-state index in [2.05, 4.69) is 54.4 Å². The molecule has 0 unspecified atom stereocenters. The highest BCUT2D eigenvalue weighted by Gasteiger charge is 2.35. The summed E-state index contributed by atoms with van der Waals surface area (Å²) in [5, 5.41) is 1.73. The zero-order valence-corrected chi connectivity index (χ0v) is 16.9. The van der Waals surface area contributed by atoms with Crippen LogP contribution < -0.4 is 0 Å². The summed E-state index contributed by atoms with van der Waals surface area (Å²) in [7, 11) is 0. The smallest absolute Gasteiger partial charge is 0.256 e. The molecule has 0 bridgehead atoms. The Morgan fingerprint density at radius 2 is 1.83 bits per heavy atom. The number of hydrogen-bond donors (Lipinski definition) is 1. The van der Waals surface area contributed by atoms with Gasteiger partial charge in [0.15, 0.2) is 0 Å². The molecule has 3 aromatic carbocycles. The molecule has 0 aliphatic carbocycles. The second-order valence-corrected chi connectivity index (χ2v) is 8.02. The predicted octanol–water partition coefficient (Wildman–Crippen LogP) is 5.92. The highest BCUT2D eigenvalue weighted by atomic mass is 35.5. The number of carbonyl (C=O) groups excluding carboxylic acids is 1. The first kappa shape index (κ1) is 18.0. The van der Waals surface area contributed by atoms with E-state index in [-0.39, 0.29) is 11.9 Å². The Morgan fingerprint density at radius 3 is 2.66 bits per heavy atom. The van der Waals surface area contributed by atoms with Crippen molar-refractivity contribution in [3.8, 4) is 0 Å². The van der Waals surface area contributed by atoms with Crippen LogP contribution in [0.3, 0.4) is 0 Å². The molecule has 0 saturated heterocycles. The van der Waals surface area contributed by atoms with Crippen LogP contribution in [-0.4, -0.2) is 22.3 Å². The van der Waals surface area contributed by atoms with E-state index in [4.69, 9.17) is 11.6 Å². The van der Waals surface area contributed by atoms with Gasteiger partial charge in [0.1, 0.15) is 0 Å². The topological polar surface area (TPSA) is 36.1 Å². The van der Waals surface area contributed by atoms with Crippen molar-refractivity contribution in [2.75, 3.05) is 6.54 Å². The van der Waals surface area contributed by atoms with Gasteiger partial charge < -0.3 is 9.88 Å². The molecule has 1 aliphatic rings. The summed E-state index contributed by atoms with van der Waals surface area (Å²) < 4.78 is 0. The lowest BCUT2D eigenvalue weighted by atomic mass is 9.91. The lowest BCUT2D eigenvalue weighted by Gasteiger charge is -2.36. The summed E-state index contributed by atoms with van der Waals surface area (Å²) in [6.45, 7) is 2.73. The Hall–Kier alpha value is -3.04. The van der Waals surface area contributed by atoms with E-state index in [1.54, 1.807) is 12.1 Å². The average molecular weight is 401 g/mol. The Morgan fingerprint density at radius 1 is 1.03 bits per heavy atom. The third kappa shape index (κ3) is 3.02. The SMILES string of the molecule is Cc1cccc([C@@H]2c3[nH]c4ccccc4c3CCN2C(=O)c2ccccc2Cl)c1. The van der Waals surface area contributed by atoms with Crippen molar-refractivity contribution in [2.45, 2.75) is 19.4 Å².